The highest BCUT2D eigenvalue weighted by atomic mass is 31.1. The molecule has 2 unspecified atom stereocenters. The molecule has 2 heterocycles. The van der Waals surface area contributed by atoms with Crippen molar-refractivity contribution >= 4 is 40.1 Å². The number of ether oxygens (including phenoxy) is 4. The molecule has 0 saturated heterocycles. The summed E-state index contributed by atoms with van der Waals surface area (Å²) >= 11 is 0. The van der Waals surface area contributed by atoms with E-state index in [1.165, 1.54) is 5.82 Å². The molecule has 8 nitrogen and oxygen atoms in total. The lowest BCUT2D eigenvalue weighted by Crippen LogP contribution is -2.19. The summed E-state index contributed by atoms with van der Waals surface area (Å²) in [6.45, 7) is 4.83. The van der Waals surface area contributed by atoms with E-state index in [-0.39, 0.29) is 55.2 Å². The summed E-state index contributed by atoms with van der Waals surface area (Å²) in [5, 5.41) is 0. The Balaban J connectivity index is 1.60. The van der Waals surface area contributed by atoms with E-state index in [9.17, 15) is 19.2 Å². The highest BCUT2D eigenvalue weighted by Gasteiger charge is 2.31. The zero-order chi connectivity index (χ0) is 23.5. The maximum atomic E-state index is 12.5. The monoisotopic (exact) mass is 486 g/mol. The maximum absolute atomic E-state index is 12.5. The molecule has 0 saturated carbocycles. The third-order valence-corrected chi connectivity index (χ3v) is 6.26. The van der Waals surface area contributed by atoms with E-state index in [4.69, 9.17) is 18.9 Å². The molecule has 170 valence electrons. The molecule has 0 N–H and O–H groups in total. The standard InChI is InChI=1S/C23H20O8P2/c1-3-33-23(27)31-11-17(25)13-5-15-9-28-18-6-12(16(24)10-30-22(26)32-2)4-14-8-29-19(7-13)21(15)20(14)18/h3-7,32-33H,1,8-11H2,2H3. The Kier molecular flexibility index (Phi) is 6.87. The van der Waals surface area contributed by atoms with Crippen LogP contribution in [0.4, 0.5) is 9.59 Å². The summed E-state index contributed by atoms with van der Waals surface area (Å²) in [7, 11) is -0.248. The van der Waals surface area contributed by atoms with Crippen LogP contribution in [0.25, 0.3) is 11.1 Å². The van der Waals surface area contributed by atoms with E-state index in [0.717, 1.165) is 22.3 Å². The molecular formula is C23H20O8P2. The lowest BCUT2D eigenvalue weighted by molar-refractivity contribution is 0.0872. The van der Waals surface area contributed by atoms with Crippen LogP contribution in [0.3, 0.4) is 0 Å². The van der Waals surface area contributed by atoms with Gasteiger partial charge in [0, 0.05) is 42.0 Å². The van der Waals surface area contributed by atoms with Crippen LogP contribution < -0.4 is 9.47 Å². The summed E-state index contributed by atoms with van der Waals surface area (Å²) in [5.74, 6) is 1.83. The molecule has 2 aliphatic rings. The molecule has 0 bridgehead atoms. The Morgan fingerprint density at radius 2 is 1.36 bits per heavy atom. The van der Waals surface area contributed by atoms with E-state index in [1.54, 1.807) is 30.9 Å². The number of hydrogen-bond acceptors (Lipinski definition) is 8. The van der Waals surface area contributed by atoms with Gasteiger partial charge >= 0.3 is 11.4 Å². The first-order valence-corrected chi connectivity index (χ1v) is 12.5. The second-order valence-electron chi connectivity index (χ2n) is 7.19. The van der Waals surface area contributed by atoms with Gasteiger partial charge in [0.25, 0.3) is 0 Å². The molecule has 0 aliphatic carbocycles. The van der Waals surface area contributed by atoms with E-state index in [1.807, 2.05) is 0 Å². The average molecular weight is 486 g/mol. The predicted octanol–water partition coefficient (Wildman–Crippen LogP) is 4.91. The highest BCUT2D eigenvalue weighted by molar-refractivity contribution is 7.60. The fraction of sp³-hybridized carbons (Fsp3) is 0.217. The Labute approximate surface area is 193 Å². The number of carbonyl (C=O) groups is 4. The molecule has 0 radical (unpaired) electrons. The van der Waals surface area contributed by atoms with Crippen molar-refractivity contribution in [3.05, 3.63) is 58.9 Å². The SMILES string of the molecule is C=CPC(=O)OCC(=O)c1cc2c3c(c1)OCc1cc(C(=O)COC(=O)PC)cc(c1-3)OC2. The fourth-order valence-corrected chi connectivity index (χ4v) is 4.17. The molecule has 10 heteroatoms. The number of ketones is 2. The van der Waals surface area contributed by atoms with Gasteiger partial charge in [-0.2, -0.15) is 0 Å². The Morgan fingerprint density at radius 3 is 1.82 bits per heavy atom. The van der Waals surface area contributed by atoms with Gasteiger partial charge in [-0.1, -0.05) is 12.4 Å². The number of Topliss-reactive ketones (excluding diaryl/α,β-unsaturated/α-hetero) is 2. The number of hydrogen-bond donors (Lipinski definition) is 0. The molecule has 0 aromatic heterocycles. The largest absolute Gasteiger partial charge is 0.488 e. The van der Waals surface area contributed by atoms with Crippen LogP contribution >= 0.6 is 17.2 Å². The summed E-state index contributed by atoms with van der Waals surface area (Å²) in [5.41, 5.74) is 3.00. The molecule has 2 aliphatic heterocycles. The highest BCUT2D eigenvalue weighted by Crippen LogP contribution is 2.49. The molecule has 2 atom stereocenters. The van der Waals surface area contributed by atoms with Crippen molar-refractivity contribution < 1.29 is 38.1 Å². The van der Waals surface area contributed by atoms with Gasteiger partial charge in [-0.15, -0.1) is 0 Å². The van der Waals surface area contributed by atoms with Gasteiger partial charge in [-0.3, -0.25) is 9.59 Å². The van der Waals surface area contributed by atoms with E-state index < -0.39 is 11.4 Å². The first-order chi connectivity index (χ1) is 15.9. The average Bonchev–Trinajstić information content (AvgIpc) is 2.83. The molecule has 2 aromatic rings. The van der Waals surface area contributed by atoms with Gasteiger partial charge in [0.15, 0.2) is 24.8 Å². The van der Waals surface area contributed by atoms with Gasteiger partial charge in [-0.25, -0.2) is 9.59 Å². The summed E-state index contributed by atoms with van der Waals surface area (Å²) in [6, 6.07) is 6.69. The van der Waals surface area contributed by atoms with Crippen LogP contribution in [-0.2, 0) is 22.7 Å². The number of rotatable bonds is 9. The second kappa shape index (κ2) is 9.82. The Bertz CT molecular complexity index is 1140. The predicted molar refractivity (Wildman–Crippen MR) is 125 cm³/mol. The third kappa shape index (κ3) is 4.82. The van der Waals surface area contributed by atoms with Gasteiger partial charge in [0.05, 0.1) is 0 Å². The molecule has 0 spiro atoms. The quantitative estimate of drug-likeness (QED) is 0.364. The van der Waals surface area contributed by atoms with Gasteiger partial charge in [-0.05, 0) is 39.5 Å². The zero-order valence-corrected chi connectivity index (χ0v) is 19.7. The van der Waals surface area contributed by atoms with Crippen molar-refractivity contribution in [3.63, 3.8) is 0 Å². The van der Waals surface area contributed by atoms with Crippen molar-refractivity contribution in [2.45, 2.75) is 13.2 Å². The Morgan fingerprint density at radius 1 is 0.879 bits per heavy atom. The van der Waals surface area contributed by atoms with E-state index >= 15 is 0 Å². The second-order valence-corrected chi connectivity index (χ2v) is 9.20. The molecule has 4 rings (SSSR count). The van der Waals surface area contributed by atoms with Gasteiger partial charge in [0.1, 0.15) is 24.7 Å². The van der Waals surface area contributed by atoms with E-state index in [0.29, 0.717) is 22.6 Å². The maximum Gasteiger partial charge on any atom is 0.327 e. The lowest BCUT2D eigenvalue weighted by Gasteiger charge is -2.30. The van der Waals surface area contributed by atoms with Crippen molar-refractivity contribution in [1.82, 2.24) is 0 Å². The first kappa shape index (κ1) is 23.1. The smallest absolute Gasteiger partial charge is 0.327 e. The minimum Gasteiger partial charge on any atom is -0.488 e. The minimum absolute atomic E-state index is 0.0363. The lowest BCUT2D eigenvalue weighted by atomic mass is 9.87. The fourth-order valence-electron chi connectivity index (χ4n) is 3.63. The van der Waals surface area contributed by atoms with Crippen LogP contribution in [-0.4, -0.2) is 42.9 Å². The van der Waals surface area contributed by atoms with Crippen molar-refractivity contribution in [1.29, 1.82) is 0 Å². The van der Waals surface area contributed by atoms with Crippen LogP contribution in [0.15, 0.2) is 36.7 Å². The van der Waals surface area contributed by atoms with Crippen molar-refractivity contribution in [2.75, 3.05) is 19.9 Å². The summed E-state index contributed by atoms with van der Waals surface area (Å²) < 4.78 is 21.7. The molecule has 0 amide bonds. The minimum atomic E-state index is -0.494. The van der Waals surface area contributed by atoms with E-state index in [2.05, 4.69) is 6.58 Å². The summed E-state index contributed by atoms with van der Waals surface area (Å²) in [4.78, 5) is 47.9. The van der Waals surface area contributed by atoms with Crippen LogP contribution in [0, 0.1) is 0 Å². The molecule has 33 heavy (non-hydrogen) atoms. The third-order valence-electron chi connectivity index (χ3n) is 5.12. The van der Waals surface area contributed by atoms with Crippen LogP contribution in [0.2, 0.25) is 0 Å². The first-order valence-electron chi connectivity index (χ1n) is 9.96. The Hall–Kier alpha value is -3.08. The van der Waals surface area contributed by atoms with Crippen LogP contribution in [0.5, 0.6) is 11.5 Å². The topological polar surface area (TPSA) is 105 Å². The normalized spacial score (nSPS) is 13.2. The number of benzene rings is 2. The van der Waals surface area contributed by atoms with Crippen molar-refractivity contribution in [2.24, 2.45) is 0 Å². The van der Waals surface area contributed by atoms with Gasteiger partial charge < -0.3 is 18.9 Å². The zero-order valence-electron chi connectivity index (χ0n) is 17.7. The van der Waals surface area contributed by atoms with Gasteiger partial charge in [0.2, 0.25) is 0 Å². The molecule has 0 fully saturated rings. The number of carbonyl (C=O) groups excluding carboxylic acids is 4. The van der Waals surface area contributed by atoms with Crippen molar-refractivity contribution in [3.8, 4) is 22.6 Å². The molecule has 2 aromatic carbocycles. The molecular weight excluding hydrogens is 466 g/mol. The summed E-state index contributed by atoms with van der Waals surface area (Å²) in [6.07, 6.45) is 0. The van der Waals surface area contributed by atoms with Crippen LogP contribution in [0.1, 0.15) is 31.8 Å².